The van der Waals surface area contributed by atoms with E-state index in [0.29, 0.717) is 0 Å². The molecule has 0 radical (unpaired) electrons. The van der Waals surface area contributed by atoms with Crippen molar-refractivity contribution in [2.75, 3.05) is 5.33 Å². The summed E-state index contributed by atoms with van der Waals surface area (Å²) in [7, 11) is 0. The summed E-state index contributed by atoms with van der Waals surface area (Å²) in [5.41, 5.74) is 1.88. The van der Waals surface area contributed by atoms with Crippen molar-refractivity contribution in [2.24, 2.45) is 0 Å². The van der Waals surface area contributed by atoms with E-state index in [1.54, 1.807) is 0 Å². The van der Waals surface area contributed by atoms with E-state index in [1.165, 1.54) is 32.1 Å². The molecule has 1 aromatic carbocycles. The predicted molar refractivity (Wildman–Crippen MR) is 90.1 cm³/mol. The van der Waals surface area contributed by atoms with Crippen molar-refractivity contribution in [3.8, 4) is 0 Å². The molecule has 0 aliphatic carbocycles. The molecule has 1 heterocycles. The van der Waals surface area contributed by atoms with Crippen LogP contribution < -0.4 is 0 Å². The van der Waals surface area contributed by atoms with Gasteiger partial charge in [-0.25, -0.2) is 4.79 Å². The predicted octanol–water partition coefficient (Wildman–Crippen LogP) is 5.28. The quantitative estimate of drug-likeness (QED) is 0.507. The van der Waals surface area contributed by atoms with Crippen LogP contribution in [0.1, 0.15) is 67.3 Å². The van der Waals surface area contributed by atoms with Gasteiger partial charge in [0.2, 0.25) is 0 Å². The van der Waals surface area contributed by atoms with Gasteiger partial charge in [0.15, 0.2) is 0 Å². The Morgan fingerprint density at radius 2 is 1.67 bits per heavy atom. The van der Waals surface area contributed by atoms with Crippen molar-refractivity contribution >= 4 is 21.9 Å². The molecule has 0 saturated carbocycles. The van der Waals surface area contributed by atoms with E-state index in [4.69, 9.17) is 4.74 Å². The third kappa shape index (κ3) is 5.46. The number of ether oxygens (including phenoxy) is 1. The number of halogens is 1. The Bertz CT molecular complexity index is 445. The molecule has 0 saturated heterocycles. The molecule has 0 fully saturated rings. The standard InChI is InChI=1S/C18H25BrO2/c19-14-16-12-7-5-3-1-2-4-6-10-15-11-8-9-13-17(15)18(20)21-16/h8-9,11,13,16H,1-7,10,12,14H2. The highest BCUT2D eigenvalue weighted by molar-refractivity contribution is 9.09. The molecule has 21 heavy (non-hydrogen) atoms. The Hall–Kier alpha value is -0.830. The molecule has 116 valence electrons. The van der Waals surface area contributed by atoms with Gasteiger partial charge in [0.25, 0.3) is 0 Å². The molecule has 0 spiro atoms. The van der Waals surface area contributed by atoms with Crippen LogP contribution in [0.4, 0.5) is 0 Å². The van der Waals surface area contributed by atoms with Crippen LogP contribution >= 0.6 is 15.9 Å². The van der Waals surface area contributed by atoms with Crippen LogP contribution in [0.25, 0.3) is 0 Å². The van der Waals surface area contributed by atoms with Crippen LogP contribution in [0.2, 0.25) is 0 Å². The normalized spacial score (nSPS) is 22.0. The minimum atomic E-state index is -0.160. The van der Waals surface area contributed by atoms with Crippen molar-refractivity contribution < 1.29 is 9.53 Å². The van der Waals surface area contributed by atoms with Crippen LogP contribution in [-0.4, -0.2) is 17.4 Å². The van der Waals surface area contributed by atoms with Crippen molar-refractivity contribution in [1.29, 1.82) is 0 Å². The van der Waals surface area contributed by atoms with E-state index in [9.17, 15) is 4.79 Å². The monoisotopic (exact) mass is 352 g/mol. The fourth-order valence-corrected chi connectivity index (χ4v) is 3.35. The first-order valence-corrected chi connectivity index (χ1v) is 9.28. The SMILES string of the molecule is O=C1OC(CBr)CCCCCCCCCc2ccccc21. The summed E-state index contributed by atoms with van der Waals surface area (Å²) in [6.45, 7) is 0. The fourth-order valence-electron chi connectivity index (χ4n) is 2.89. The number of carbonyl (C=O) groups excluding carboxylic acids is 1. The number of fused-ring (bicyclic) bond motifs is 1. The van der Waals surface area contributed by atoms with E-state index in [2.05, 4.69) is 22.0 Å². The Balaban J connectivity index is 2.10. The molecule has 1 aliphatic rings. The zero-order chi connectivity index (χ0) is 14.9. The van der Waals surface area contributed by atoms with Gasteiger partial charge in [0.05, 0.1) is 5.56 Å². The summed E-state index contributed by atoms with van der Waals surface area (Å²) in [6.07, 6.45) is 10.7. The average Bonchev–Trinajstić information content (AvgIpc) is 2.51. The maximum absolute atomic E-state index is 12.4. The summed E-state index contributed by atoms with van der Waals surface area (Å²) in [4.78, 5) is 12.4. The second-order valence-electron chi connectivity index (χ2n) is 5.85. The number of aryl methyl sites for hydroxylation is 1. The Morgan fingerprint density at radius 1 is 1.00 bits per heavy atom. The summed E-state index contributed by atoms with van der Waals surface area (Å²) >= 11 is 3.47. The van der Waals surface area contributed by atoms with Crippen molar-refractivity contribution in [2.45, 2.75) is 63.9 Å². The average molecular weight is 353 g/mol. The maximum Gasteiger partial charge on any atom is 0.338 e. The smallest absolute Gasteiger partial charge is 0.338 e. The van der Waals surface area contributed by atoms with Crippen molar-refractivity contribution in [3.63, 3.8) is 0 Å². The zero-order valence-electron chi connectivity index (χ0n) is 12.7. The molecule has 2 nitrogen and oxygen atoms in total. The number of carbonyl (C=O) groups is 1. The van der Waals surface area contributed by atoms with E-state index < -0.39 is 0 Å². The van der Waals surface area contributed by atoms with Gasteiger partial charge in [-0.3, -0.25) is 0 Å². The molecule has 2 rings (SSSR count). The highest BCUT2D eigenvalue weighted by atomic mass is 79.9. The van der Waals surface area contributed by atoms with Crippen LogP contribution in [0.15, 0.2) is 24.3 Å². The Labute approximate surface area is 136 Å². The molecule has 1 aromatic rings. The highest BCUT2D eigenvalue weighted by Gasteiger charge is 2.17. The lowest BCUT2D eigenvalue weighted by molar-refractivity contribution is 0.0330. The first-order valence-electron chi connectivity index (χ1n) is 8.16. The number of benzene rings is 1. The van der Waals surface area contributed by atoms with Crippen LogP contribution in [0, 0.1) is 0 Å². The summed E-state index contributed by atoms with van der Waals surface area (Å²) < 4.78 is 5.69. The number of esters is 1. The first kappa shape index (κ1) is 16.5. The fraction of sp³-hybridized carbons (Fsp3) is 0.611. The second kappa shape index (κ2) is 9.24. The van der Waals surface area contributed by atoms with Gasteiger partial charge in [-0.1, -0.05) is 66.2 Å². The Morgan fingerprint density at radius 3 is 2.43 bits per heavy atom. The molecule has 0 N–H and O–H groups in total. The van der Waals surface area contributed by atoms with Gasteiger partial charge in [0.1, 0.15) is 6.10 Å². The van der Waals surface area contributed by atoms with Crippen molar-refractivity contribution in [3.05, 3.63) is 35.4 Å². The maximum atomic E-state index is 12.4. The molecular weight excluding hydrogens is 328 g/mol. The number of hydrogen-bond donors (Lipinski definition) is 0. The van der Waals surface area contributed by atoms with E-state index in [1.807, 2.05) is 18.2 Å². The van der Waals surface area contributed by atoms with Gasteiger partial charge >= 0.3 is 5.97 Å². The molecule has 1 unspecified atom stereocenters. The zero-order valence-corrected chi connectivity index (χ0v) is 14.2. The number of cyclic esters (lactones) is 1. The first-order chi connectivity index (χ1) is 10.3. The lowest BCUT2D eigenvalue weighted by Crippen LogP contribution is -2.20. The van der Waals surface area contributed by atoms with E-state index in [-0.39, 0.29) is 12.1 Å². The lowest BCUT2D eigenvalue weighted by Gasteiger charge is -2.17. The number of hydrogen-bond acceptors (Lipinski definition) is 2. The summed E-state index contributed by atoms with van der Waals surface area (Å²) in [6, 6.07) is 7.89. The highest BCUT2D eigenvalue weighted by Crippen LogP contribution is 2.19. The molecule has 3 heteroatoms. The van der Waals surface area contributed by atoms with Gasteiger partial charge in [-0.05, 0) is 37.3 Å². The third-order valence-electron chi connectivity index (χ3n) is 4.16. The van der Waals surface area contributed by atoms with E-state index >= 15 is 0 Å². The van der Waals surface area contributed by atoms with E-state index in [0.717, 1.165) is 42.1 Å². The topological polar surface area (TPSA) is 26.3 Å². The van der Waals surface area contributed by atoms with Gasteiger partial charge in [-0.15, -0.1) is 0 Å². The molecule has 0 bridgehead atoms. The number of rotatable bonds is 1. The minimum absolute atomic E-state index is 0.00602. The molecule has 1 aliphatic heterocycles. The minimum Gasteiger partial charge on any atom is -0.458 e. The molecular formula is C18H25BrO2. The van der Waals surface area contributed by atoms with Gasteiger partial charge in [-0.2, -0.15) is 0 Å². The van der Waals surface area contributed by atoms with Crippen LogP contribution in [-0.2, 0) is 11.2 Å². The summed E-state index contributed by atoms with van der Waals surface area (Å²) in [5, 5.41) is 0.723. The lowest BCUT2D eigenvalue weighted by atomic mass is 9.99. The Kier molecular flexibility index (Phi) is 7.28. The van der Waals surface area contributed by atoms with Crippen LogP contribution in [0.3, 0.4) is 0 Å². The second-order valence-corrected chi connectivity index (χ2v) is 6.50. The molecule has 0 aromatic heterocycles. The van der Waals surface area contributed by atoms with Crippen LogP contribution in [0.5, 0.6) is 0 Å². The largest absolute Gasteiger partial charge is 0.458 e. The molecule has 0 amide bonds. The third-order valence-corrected chi connectivity index (χ3v) is 4.88. The molecule has 1 atom stereocenters. The van der Waals surface area contributed by atoms with Gasteiger partial charge < -0.3 is 4.74 Å². The number of alkyl halides is 1. The van der Waals surface area contributed by atoms with Gasteiger partial charge in [0, 0.05) is 5.33 Å². The summed E-state index contributed by atoms with van der Waals surface area (Å²) in [5.74, 6) is -0.160. The van der Waals surface area contributed by atoms with Crippen molar-refractivity contribution in [1.82, 2.24) is 0 Å².